The average molecular weight is 457 g/mol. The Kier molecular flexibility index (Phi) is 6.97. The summed E-state index contributed by atoms with van der Waals surface area (Å²) >= 11 is 0. The molecule has 34 heavy (non-hydrogen) atoms. The van der Waals surface area contributed by atoms with E-state index in [9.17, 15) is 4.79 Å². The number of hydrogen-bond donors (Lipinski definition) is 1. The highest BCUT2D eigenvalue weighted by molar-refractivity contribution is 6.07. The fourth-order valence-electron chi connectivity index (χ4n) is 3.89. The zero-order valence-electron chi connectivity index (χ0n) is 19.8. The van der Waals surface area contributed by atoms with Crippen molar-refractivity contribution in [3.63, 3.8) is 0 Å². The second-order valence-corrected chi connectivity index (χ2v) is 8.00. The van der Waals surface area contributed by atoms with E-state index >= 15 is 0 Å². The van der Waals surface area contributed by atoms with Gasteiger partial charge in [-0.3, -0.25) is 4.79 Å². The molecule has 1 aromatic heterocycles. The average Bonchev–Trinajstić information content (AvgIpc) is 2.87. The van der Waals surface area contributed by atoms with Gasteiger partial charge < -0.3 is 19.5 Å². The third kappa shape index (κ3) is 4.96. The maximum atomic E-state index is 13.3. The van der Waals surface area contributed by atoms with Crippen LogP contribution in [0.15, 0.2) is 66.7 Å². The number of methoxy groups -OCH3 is 3. The molecule has 174 valence electrons. The van der Waals surface area contributed by atoms with E-state index in [0.717, 1.165) is 39.0 Å². The van der Waals surface area contributed by atoms with Gasteiger partial charge in [0.25, 0.3) is 5.91 Å². The number of amides is 1. The first-order chi connectivity index (χ1) is 16.5. The van der Waals surface area contributed by atoms with Crippen molar-refractivity contribution in [2.75, 3.05) is 27.9 Å². The Morgan fingerprint density at radius 2 is 1.62 bits per heavy atom. The molecule has 6 nitrogen and oxygen atoms in total. The van der Waals surface area contributed by atoms with E-state index in [0.29, 0.717) is 30.0 Å². The number of ether oxygens (including phenoxy) is 3. The number of pyridine rings is 1. The minimum absolute atomic E-state index is 0.131. The van der Waals surface area contributed by atoms with Gasteiger partial charge in [0.15, 0.2) is 11.5 Å². The molecule has 0 unspecified atom stereocenters. The van der Waals surface area contributed by atoms with Gasteiger partial charge in [0.2, 0.25) is 0 Å². The number of fused-ring (bicyclic) bond motifs is 1. The number of aryl methyl sites for hydroxylation is 1. The molecular weight excluding hydrogens is 428 g/mol. The third-order valence-corrected chi connectivity index (χ3v) is 5.74. The van der Waals surface area contributed by atoms with Crippen molar-refractivity contribution in [1.82, 2.24) is 10.3 Å². The number of nitrogens with zero attached hydrogens (tertiary/aromatic N) is 1. The van der Waals surface area contributed by atoms with Crippen molar-refractivity contribution < 1.29 is 19.0 Å². The molecule has 1 N–H and O–H groups in total. The normalized spacial score (nSPS) is 10.7. The summed E-state index contributed by atoms with van der Waals surface area (Å²) in [5, 5.41) is 3.90. The van der Waals surface area contributed by atoms with Crippen LogP contribution in [0.25, 0.3) is 22.2 Å². The Labute approximate surface area is 199 Å². The lowest BCUT2D eigenvalue weighted by Gasteiger charge is -2.12. The van der Waals surface area contributed by atoms with Gasteiger partial charge in [-0.15, -0.1) is 0 Å². The second-order valence-electron chi connectivity index (χ2n) is 8.00. The Balaban J connectivity index is 1.59. The van der Waals surface area contributed by atoms with Crippen molar-refractivity contribution in [2.24, 2.45) is 0 Å². The predicted molar refractivity (Wildman–Crippen MR) is 134 cm³/mol. The van der Waals surface area contributed by atoms with Crippen molar-refractivity contribution in [2.45, 2.75) is 13.3 Å². The molecule has 4 rings (SSSR count). The lowest BCUT2D eigenvalue weighted by Crippen LogP contribution is -2.26. The maximum Gasteiger partial charge on any atom is 0.252 e. The highest BCUT2D eigenvalue weighted by Crippen LogP contribution is 2.28. The van der Waals surface area contributed by atoms with Crippen LogP contribution in [0, 0.1) is 6.92 Å². The lowest BCUT2D eigenvalue weighted by atomic mass is 10.0. The minimum Gasteiger partial charge on any atom is -0.497 e. The number of hydrogen-bond acceptors (Lipinski definition) is 5. The van der Waals surface area contributed by atoms with Gasteiger partial charge >= 0.3 is 0 Å². The molecule has 0 bridgehead atoms. The van der Waals surface area contributed by atoms with Crippen LogP contribution in [0.1, 0.15) is 21.5 Å². The van der Waals surface area contributed by atoms with E-state index in [1.165, 1.54) is 0 Å². The Morgan fingerprint density at radius 1 is 0.853 bits per heavy atom. The molecule has 0 aliphatic carbocycles. The molecule has 0 atom stereocenters. The van der Waals surface area contributed by atoms with Crippen molar-refractivity contribution in [3.8, 4) is 28.5 Å². The van der Waals surface area contributed by atoms with Crippen LogP contribution in [-0.4, -0.2) is 38.8 Å². The van der Waals surface area contributed by atoms with Crippen LogP contribution in [0.2, 0.25) is 0 Å². The molecule has 1 heterocycles. The van der Waals surface area contributed by atoms with Gasteiger partial charge in [-0.05, 0) is 73.5 Å². The van der Waals surface area contributed by atoms with Gasteiger partial charge in [-0.2, -0.15) is 0 Å². The lowest BCUT2D eigenvalue weighted by molar-refractivity contribution is 0.0955. The number of aromatic nitrogens is 1. The second kappa shape index (κ2) is 10.3. The molecule has 0 saturated heterocycles. The van der Waals surface area contributed by atoms with Gasteiger partial charge in [0, 0.05) is 17.5 Å². The van der Waals surface area contributed by atoms with E-state index < -0.39 is 0 Å². The van der Waals surface area contributed by atoms with Crippen LogP contribution in [0.3, 0.4) is 0 Å². The van der Waals surface area contributed by atoms with Crippen LogP contribution in [0.5, 0.6) is 17.2 Å². The smallest absolute Gasteiger partial charge is 0.252 e. The quantitative estimate of drug-likeness (QED) is 0.394. The van der Waals surface area contributed by atoms with Crippen LogP contribution in [-0.2, 0) is 6.42 Å². The largest absolute Gasteiger partial charge is 0.497 e. The minimum atomic E-state index is -0.131. The fourth-order valence-corrected chi connectivity index (χ4v) is 3.89. The molecule has 0 radical (unpaired) electrons. The zero-order valence-corrected chi connectivity index (χ0v) is 19.8. The van der Waals surface area contributed by atoms with Gasteiger partial charge in [0.05, 0.1) is 38.1 Å². The summed E-state index contributed by atoms with van der Waals surface area (Å²) in [5.41, 5.74) is 5.17. The summed E-state index contributed by atoms with van der Waals surface area (Å²) in [4.78, 5) is 18.1. The standard InChI is InChI=1S/C28H28N2O4/c1-18-5-11-24-22(15-18)23(17-25(30-24)20-7-9-21(32-2)10-8-20)28(31)29-14-13-19-6-12-26(33-3)27(16-19)34-4/h5-12,15-17H,13-14H2,1-4H3,(H,29,31). The fraction of sp³-hybridized carbons (Fsp3) is 0.214. The van der Waals surface area contributed by atoms with Crippen LogP contribution in [0.4, 0.5) is 0 Å². The zero-order chi connectivity index (χ0) is 24.1. The molecule has 0 aliphatic heterocycles. The van der Waals surface area contributed by atoms with Gasteiger partial charge in [-0.25, -0.2) is 4.98 Å². The van der Waals surface area contributed by atoms with E-state index in [2.05, 4.69) is 5.32 Å². The summed E-state index contributed by atoms with van der Waals surface area (Å²) in [6, 6.07) is 21.3. The summed E-state index contributed by atoms with van der Waals surface area (Å²) in [6.07, 6.45) is 0.666. The summed E-state index contributed by atoms with van der Waals surface area (Å²) in [6.45, 7) is 2.50. The van der Waals surface area contributed by atoms with Crippen LogP contribution >= 0.6 is 0 Å². The molecule has 0 spiro atoms. The van der Waals surface area contributed by atoms with E-state index in [4.69, 9.17) is 19.2 Å². The molecule has 3 aromatic carbocycles. The first-order valence-electron chi connectivity index (χ1n) is 11.1. The highest BCUT2D eigenvalue weighted by atomic mass is 16.5. The summed E-state index contributed by atoms with van der Waals surface area (Å²) in [5.74, 6) is 1.99. The Bertz CT molecular complexity index is 1320. The molecular formula is C28H28N2O4. The maximum absolute atomic E-state index is 13.3. The summed E-state index contributed by atoms with van der Waals surface area (Å²) in [7, 11) is 4.86. The molecule has 0 saturated carbocycles. The van der Waals surface area contributed by atoms with Gasteiger partial charge in [-0.1, -0.05) is 17.7 Å². The third-order valence-electron chi connectivity index (χ3n) is 5.74. The molecule has 6 heteroatoms. The predicted octanol–water partition coefficient (Wildman–Crippen LogP) is 5.21. The van der Waals surface area contributed by atoms with Crippen molar-refractivity contribution in [3.05, 3.63) is 83.4 Å². The van der Waals surface area contributed by atoms with Gasteiger partial charge in [0.1, 0.15) is 5.75 Å². The Hall–Kier alpha value is -4.06. The number of benzene rings is 3. The summed E-state index contributed by atoms with van der Waals surface area (Å²) < 4.78 is 15.9. The molecule has 0 aliphatic rings. The first-order valence-corrected chi connectivity index (χ1v) is 11.1. The first kappa shape index (κ1) is 23.1. The van der Waals surface area contributed by atoms with E-state index in [-0.39, 0.29) is 5.91 Å². The van der Waals surface area contributed by atoms with Crippen molar-refractivity contribution >= 4 is 16.8 Å². The van der Waals surface area contributed by atoms with E-state index in [1.807, 2.05) is 73.7 Å². The Morgan fingerprint density at radius 3 is 2.32 bits per heavy atom. The number of carbonyl (C=O) groups is 1. The monoisotopic (exact) mass is 456 g/mol. The number of carbonyl (C=O) groups excluding carboxylic acids is 1. The van der Waals surface area contributed by atoms with E-state index in [1.54, 1.807) is 21.3 Å². The molecule has 0 fully saturated rings. The number of rotatable bonds is 8. The van der Waals surface area contributed by atoms with Crippen LogP contribution < -0.4 is 19.5 Å². The SMILES string of the molecule is COc1ccc(-c2cc(C(=O)NCCc3ccc(OC)c(OC)c3)c3cc(C)ccc3n2)cc1. The molecule has 1 amide bonds. The number of nitrogens with one attached hydrogen (secondary N) is 1. The topological polar surface area (TPSA) is 69.7 Å². The highest BCUT2D eigenvalue weighted by Gasteiger charge is 2.15. The molecule has 4 aromatic rings. The van der Waals surface area contributed by atoms with Crippen molar-refractivity contribution in [1.29, 1.82) is 0 Å².